The highest BCUT2D eigenvalue weighted by Gasteiger charge is 2.35. The molecule has 2 aromatic carbocycles. The van der Waals surface area contributed by atoms with Gasteiger partial charge in [-0.3, -0.25) is 9.59 Å². The molecule has 2 aromatic rings. The quantitative estimate of drug-likeness (QED) is 0.331. The number of carbonyl (C=O) groups is 4. The molecule has 0 bridgehead atoms. The average Bonchev–Trinajstić information content (AvgIpc) is 3.17. The van der Waals surface area contributed by atoms with Gasteiger partial charge in [0.15, 0.2) is 17.6 Å². The molecule has 2 aliphatic rings. The van der Waals surface area contributed by atoms with Gasteiger partial charge in [-0.05, 0) is 55.0 Å². The van der Waals surface area contributed by atoms with Crippen molar-refractivity contribution in [1.29, 1.82) is 0 Å². The number of nitrogens with one attached hydrogen (secondary N) is 2. The first-order valence-corrected chi connectivity index (χ1v) is 11.9. The van der Waals surface area contributed by atoms with Crippen molar-refractivity contribution >= 4 is 41.3 Å². The Morgan fingerprint density at radius 2 is 1.84 bits per heavy atom. The number of morpholine rings is 1. The van der Waals surface area contributed by atoms with E-state index in [1.165, 1.54) is 32.2 Å². The SMILES string of the molecule is COc1cc(/C=C2\NC(=O)N(CC(=O)Nc3ccc(N4CCOCC4)cc3)C2=O)ccc1O[C@H](C)C(=O)O. The molecule has 4 rings (SSSR count). The first kappa shape index (κ1) is 26.5. The fraction of sp³-hybridized carbons (Fsp3) is 0.308. The summed E-state index contributed by atoms with van der Waals surface area (Å²) >= 11 is 0. The van der Waals surface area contributed by atoms with Crippen molar-refractivity contribution in [3.63, 3.8) is 0 Å². The highest BCUT2D eigenvalue weighted by atomic mass is 16.5. The molecule has 0 unspecified atom stereocenters. The summed E-state index contributed by atoms with van der Waals surface area (Å²) in [6.45, 7) is 3.84. The lowest BCUT2D eigenvalue weighted by molar-refractivity contribution is -0.144. The van der Waals surface area contributed by atoms with Crippen LogP contribution < -0.4 is 25.0 Å². The number of anilines is 2. The van der Waals surface area contributed by atoms with Gasteiger partial charge in [0.25, 0.3) is 5.91 Å². The van der Waals surface area contributed by atoms with E-state index in [1.54, 1.807) is 18.2 Å². The number of imide groups is 1. The predicted octanol–water partition coefficient (Wildman–Crippen LogP) is 1.92. The minimum atomic E-state index is -1.13. The van der Waals surface area contributed by atoms with Crippen LogP contribution in [0.5, 0.6) is 11.5 Å². The summed E-state index contributed by atoms with van der Waals surface area (Å²) in [6, 6.07) is 11.2. The molecule has 2 aliphatic heterocycles. The molecule has 38 heavy (non-hydrogen) atoms. The molecule has 0 saturated carbocycles. The van der Waals surface area contributed by atoms with Crippen LogP contribution in [-0.4, -0.2) is 79.9 Å². The molecule has 12 nitrogen and oxygen atoms in total. The Morgan fingerprint density at radius 3 is 2.50 bits per heavy atom. The van der Waals surface area contributed by atoms with E-state index in [4.69, 9.17) is 19.3 Å². The fourth-order valence-corrected chi connectivity index (χ4v) is 3.92. The molecule has 12 heteroatoms. The number of hydrogen-bond acceptors (Lipinski definition) is 8. The van der Waals surface area contributed by atoms with E-state index < -0.39 is 36.5 Å². The lowest BCUT2D eigenvalue weighted by Gasteiger charge is -2.28. The number of amides is 4. The zero-order valence-electron chi connectivity index (χ0n) is 20.9. The number of hydrogen-bond donors (Lipinski definition) is 3. The first-order chi connectivity index (χ1) is 18.2. The minimum Gasteiger partial charge on any atom is -0.493 e. The zero-order valence-corrected chi connectivity index (χ0v) is 20.9. The number of urea groups is 1. The number of carboxylic acids is 1. The Kier molecular flexibility index (Phi) is 8.12. The van der Waals surface area contributed by atoms with E-state index >= 15 is 0 Å². The molecule has 0 spiro atoms. The van der Waals surface area contributed by atoms with Crippen molar-refractivity contribution in [1.82, 2.24) is 10.2 Å². The molecule has 1 atom stereocenters. The lowest BCUT2D eigenvalue weighted by atomic mass is 10.1. The van der Waals surface area contributed by atoms with Crippen molar-refractivity contribution in [2.45, 2.75) is 13.0 Å². The van der Waals surface area contributed by atoms with Crippen molar-refractivity contribution in [2.75, 3.05) is 50.2 Å². The third-order valence-electron chi connectivity index (χ3n) is 5.94. The molecule has 4 amide bonds. The van der Waals surface area contributed by atoms with E-state index in [0.717, 1.165) is 23.7 Å². The lowest BCUT2D eigenvalue weighted by Crippen LogP contribution is -2.38. The van der Waals surface area contributed by atoms with E-state index in [-0.39, 0.29) is 17.2 Å². The number of rotatable bonds is 9. The number of ether oxygens (including phenoxy) is 3. The van der Waals surface area contributed by atoms with Crippen molar-refractivity contribution in [3.05, 3.63) is 53.7 Å². The molecule has 200 valence electrons. The maximum Gasteiger partial charge on any atom is 0.344 e. The van der Waals surface area contributed by atoms with Gasteiger partial charge in [0.2, 0.25) is 5.91 Å². The normalized spacial score (nSPS) is 17.3. The maximum absolute atomic E-state index is 12.8. The summed E-state index contributed by atoms with van der Waals surface area (Å²) in [6.07, 6.45) is 0.335. The molecule has 2 fully saturated rings. The van der Waals surface area contributed by atoms with Crippen LogP contribution in [0.1, 0.15) is 12.5 Å². The predicted molar refractivity (Wildman–Crippen MR) is 137 cm³/mol. The van der Waals surface area contributed by atoms with Gasteiger partial charge in [0.05, 0.1) is 20.3 Å². The van der Waals surface area contributed by atoms with Crippen LogP contribution in [0, 0.1) is 0 Å². The van der Waals surface area contributed by atoms with Gasteiger partial charge < -0.3 is 34.9 Å². The summed E-state index contributed by atoms with van der Waals surface area (Å²) in [5, 5.41) is 14.2. The van der Waals surface area contributed by atoms with Crippen LogP contribution in [0.2, 0.25) is 0 Å². The molecule has 0 aliphatic carbocycles. The number of carboxylic acid groups (broad SMARTS) is 1. The third kappa shape index (κ3) is 6.21. The van der Waals surface area contributed by atoms with Crippen molar-refractivity contribution in [3.8, 4) is 11.5 Å². The van der Waals surface area contributed by atoms with Crippen molar-refractivity contribution in [2.24, 2.45) is 0 Å². The van der Waals surface area contributed by atoms with Gasteiger partial charge >= 0.3 is 12.0 Å². The topological polar surface area (TPSA) is 147 Å². The van der Waals surface area contributed by atoms with E-state index in [9.17, 15) is 19.2 Å². The molecular formula is C26H28N4O8. The summed E-state index contributed by atoms with van der Waals surface area (Å²) in [4.78, 5) is 51.9. The Balaban J connectivity index is 1.38. The summed E-state index contributed by atoms with van der Waals surface area (Å²) in [7, 11) is 1.39. The number of aliphatic carboxylic acids is 1. The Hall–Kier alpha value is -4.58. The van der Waals surface area contributed by atoms with Gasteiger partial charge in [-0.15, -0.1) is 0 Å². The van der Waals surface area contributed by atoms with Gasteiger partial charge in [-0.1, -0.05) is 6.07 Å². The van der Waals surface area contributed by atoms with Crippen LogP contribution >= 0.6 is 0 Å². The number of benzene rings is 2. The van der Waals surface area contributed by atoms with Gasteiger partial charge in [0.1, 0.15) is 12.2 Å². The van der Waals surface area contributed by atoms with Crippen LogP contribution in [-0.2, 0) is 19.1 Å². The molecular weight excluding hydrogens is 496 g/mol. The van der Waals surface area contributed by atoms with E-state index in [2.05, 4.69) is 15.5 Å². The van der Waals surface area contributed by atoms with Gasteiger partial charge in [-0.25, -0.2) is 14.5 Å². The number of nitrogens with zero attached hydrogens (tertiary/aromatic N) is 2. The fourth-order valence-electron chi connectivity index (χ4n) is 3.92. The Labute approximate surface area is 218 Å². The van der Waals surface area contributed by atoms with Crippen LogP contribution in [0.3, 0.4) is 0 Å². The Bertz CT molecular complexity index is 1250. The molecule has 0 aromatic heterocycles. The standard InChI is InChI=1S/C26H28N4O8/c1-16(25(33)34)38-21-8-3-17(14-22(21)36-2)13-20-24(32)30(26(35)28-20)15-23(31)27-18-4-6-19(7-5-18)29-9-11-37-12-10-29/h3-8,13-14,16H,9-12,15H2,1-2H3,(H,27,31)(H,28,35)(H,33,34)/b20-13-/t16-/m1/s1. The van der Waals surface area contributed by atoms with Gasteiger partial charge in [0, 0.05) is 24.5 Å². The zero-order chi connectivity index (χ0) is 27.2. The second-order valence-electron chi connectivity index (χ2n) is 8.58. The van der Waals surface area contributed by atoms with Crippen molar-refractivity contribution < 1.29 is 38.5 Å². The monoisotopic (exact) mass is 524 g/mol. The highest BCUT2D eigenvalue weighted by Crippen LogP contribution is 2.30. The first-order valence-electron chi connectivity index (χ1n) is 11.9. The van der Waals surface area contributed by atoms with Crippen LogP contribution in [0.4, 0.5) is 16.2 Å². The Morgan fingerprint density at radius 1 is 1.13 bits per heavy atom. The molecule has 0 radical (unpaired) electrons. The third-order valence-corrected chi connectivity index (χ3v) is 5.94. The van der Waals surface area contributed by atoms with Gasteiger partial charge in [-0.2, -0.15) is 0 Å². The largest absolute Gasteiger partial charge is 0.493 e. The number of methoxy groups -OCH3 is 1. The molecule has 2 heterocycles. The minimum absolute atomic E-state index is 0.0210. The molecule has 3 N–H and O–H groups in total. The second kappa shape index (κ2) is 11.6. The average molecular weight is 525 g/mol. The van der Waals surface area contributed by atoms with E-state index in [1.807, 2.05) is 12.1 Å². The number of carbonyl (C=O) groups excluding carboxylic acids is 3. The van der Waals surface area contributed by atoms with Crippen LogP contribution in [0.25, 0.3) is 6.08 Å². The van der Waals surface area contributed by atoms with E-state index in [0.29, 0.717) is 24.5 Å². The summed E-state index contributed by atoms with van der Waals surface area (Å²) in [5.41, 5.74) is 2.03. The second-order valence-corrected chi connectivity index (χ2v) is 8.58. The smallest absolute Gasteiger partial charge is 0.344 e. The maximum atomic E-state index is 12.8. The molecule has 2 saturated heterocycles. The summed E-state index contributed by atoms with van der Waals surface area (Å²) in [5.74, 6) is -1.86. The van der Waals surface area contributed by atoms with Crippen LogP contribution in [0.15, 0.2) is 48.2 Å². The highest BCUT2D eigenvalue weighted by molar-refractivity contribution is 6.16. The summed E-state index contributed by atoms with van der Waals surface area (Å²) < 4.78 is 16.0.